The highest BCUT2D eigenvalue weighted by atomic mass is 16.6. The van der Waals surface area contributed by atoms with Crippen LogP contribution in [0.2, 0.25) is 0 Å². The molecule has 1 aliphatic rings. The Hall–Kier alpha value is -2.37. The molecule has 1 saturated heterocycles. The van der Waals surface area contributed by atoms with Gasteiger partial charge in [0.05, 0.1) is 7.11 Å². The number of aldehydes is 1. The predicted molar refractivity (Wildman–Crippen MR) is 82.5 cm³/mol. The summed E-state index contributed by atoms with van der Waals surface area (Å²) in [5.74, 6) is -1.34. The van der Waals surface area contributed by atoms with Crippen LogP contribution >= 0.6 is 0 Å². The number of carbonyl (C=O) groups excluding carboxylic acids is 3. The van der Waals surface area contributed by atoms with E-state index >= 15 is 0 Å². The van der Waals surface area contributed by atoms with Crippen LogP contribution in [-0.4, -0.2) is 43.4 Å². The molecular weight excluding hydrogens is 298 g/mol. The number of methoxy groups -OCH3 is 1. The van der Waals surface area contributed by atoms with E-state index in [1.807, 2.05) is 30.3 Å². The van der Waals surface area contributed by atoms with E-state index in [0.717, 1.165) is 5.56 Å². The maximum Gasteiger partial charge on any atom is 0.410 e. The zero-order valence-corrected chi connectivity index (χ0v) is 13.1. The average molecular weight is 319 g/mol. The van der Waals surface area contributed by atoms with E-state index in [2.05, 4.69) is 4.74 Å². The lowest BCUT2D eigenvalue weighted by atomic mass is 9.85. The van der Waals surface area contributed by atoms with Crippen LogP contribution in [0.4, 0.5) is 4.79 Å². The molecule has 1 atom stereocenters. The van der Waals surface area contributed by atoms with Gasteiger partial charge in [0.2, 0.25) is 0 Å². The minimum absolute atomic E-state index is 0.0851. The molecule has 0 N–H and O–H groups in total. The largest absolute Gasteiger partial charge is 0.468 e. The lowest BCUT2D eigenvalue weighted by molar-refractivity contribution is -0.149. The fraction of sp³-hybridized carbons (Fsp3) is 0.471. The smallest absolute Gasteiger partial charge is 0.410 e. The molecule has 6 heteroatoms. The highest BCUT2D eigenvalue weighted by Gasteiger charge is 2.33. The van der Waals surface area contributed by atoms with E-state index in [1.54, 1.807) is 4.90 Å². The van der Waals surface area contributed by atoms with Gasteiger partial charge in [0.15, 0.2) is 0 Å². The van der Waals surface area contributed by atoms with Crippen LogP contribution in [0.3, 0.4) is 0 Å². The van der Waals surface area contributed by atoms with Crippen molar-refractivity contribution in [2.45, 2.75) is 19.4 Å². The maximum absolute atomic E-state index is 12.1. The van der Waals surface area contributed by atoms with E-state index in [-0.39, 0.29) is 18.6 Å². The zero-order chi connectivity index (χ0) is 16.7. The maximum atomic E-state index is 12.1. The molecular formula is C17H21NO5. The van der Waals surface area contributed by atoms with E-state index in [9.17, 15) is 14.4 Å². The summed E-state index contributed by atoms with van der Waals surface area (Å²) >= 11 is 0. The number of amides is 1. The minimum atomic E-state index is -0.748. The summed E-state index contributed by atoms with van der Waals surface area (Å²) in [6, 6.07) is 9.47. The Morgan fingerprint density at radius 1 is 1.26 bits per heavy atom. The molecule has 23 heavy (non-hydrogen) atoms. The number of ether oxygens (including phenoxy) is 2. The molecule has 1 aliphatic heterocycles. The second-order valence-corrected chi connectivity index (χ2v) is 5.55. The number of carbonyl (C=O) groups is 3. The molecule has 0 bridgehead atoms. The van der Waals surface area contributed by atoms with Crippen molar-refractivity contribution >= 4 is 18.3 Å². The standard InChI is InChI=1S/C17H21NO5/c1-22-16(20)15(11-19)14-7-9-18(10-8-14)17(21)23-12-13-5-3-2-4-6-13/h2-6,11,14-15H,7-10,12H2,1H3. The molecule has 1 unspecified atom stereocenters. The summed E-state index contributed by atoms with van der Waals surface area (Å²) < 4.78 is 9.93. The lowest BCUT2D eigenvalue weighted by Crippen LogP contribution is -2.42. The molecule has 1 fully saturated rings. The van der Waals surface area contributed by atoms with Gasteiger partial charge in [-0.2, -0.15) is 0 Å². The number of hydrogen-bond donors (Lipinski definition) is 0. The Kier molecular flexibility index (Phi) is 6.14. The highest BCUT2D eigenvalue weighted by molar-refractivity contribution is 5.88. The molecule has 1 aromatic carbocycles. The molecule has 0 radical (unpaired) electrons. The Labute approximate surface area is 135 Å². The van der Waals surface area contributed by atoms with Crippen LogP contribution in [0.1, 0.15) is 18.4 Å². The quantitative estimate of drug-likeness (QED) is 0.472. The molecule has 2 rings (SSSR count). The third-order valence-electron chi connectivity index (χ3n) is 4.13. The fourth-order valence-corrected chi connectivity index (χ4v) is 2.75. The average Bonchev–Trinajstić information content (AvgIpc) is 2.61. The number of rotatable bonds is 5. The van der Waals surface area contributed by atoms with Gasteiger partial charge in [-0.3, -0.25) is 4.79 Å². The third kappa shape index (κ3) is 4.55. The number of benzene rings is 1. The molecule has 0 aliphatic carbocycles. The molecule has 1 aromatic rings. The zero-order valence-electron chi connectivity index (χ0n) is 13.1. The molecule has 1 heterocycles. The Bertz CT molecular complexity index is 537. The van der Waals surface area contributed by atoms with Crippen molar-refractivity contribution in [2.75, 3.05) is 20.2 Å². The second-order valence-electron chi connectivity index (χ2n) is 5.55. The SMILES string of the molecule is COC(=O)C(C=O)C1CCN(C(=O)OCc2ccccc2)CC1. The van der Waals surface area contributed by atoms with Gasteiger partial charge in [-0.25, -0.2) is 4.79 Å². The first-order valence-electron chi connectivity index (χ1n) is 7.64. The van der Waals surface area contributed by atoms with E-state index < -0.39 is 11.9 Å². The molecule has 0 saturated carbocycles. The normalized spacial score (nSPS) is 16.5. The molecule has 1 amide bonds. The number of hydrogen-bond acceptors (Lipinski definition) is 5. The summed E-state index contributed by atoms with van der Waals surface area (Å²) in [5.41, 5.74) is 0.933. The van der Waals surface area contributed by atoms with E-state index in [4.69, 9.17) is 4.74 Å². The van der Waals surface area contributed by atoms with Crippen molar-refractivity contribution in [3.8, 4) is 0 Å². The van der Waals surface area contributed by atoms with Crippen molar-refractivity contribution in [1.82, 2.24) is 4.90 Å². The Morgan fingerprint density at radius 3 is 2.48 bits per heavy atom. The summed E-state index contributed by atoms with van der Waals surface area (Å²) in [6.07, 6.45) is 1.44. The van der Waals surface area contributed by atoms with Crippen LogP contribution in [0.25, 0.3) is 0 Å². The summed E-state index contributed by atoms with van der Waals surface area (Å²) in [6.45, 7) is 1.18. The van der Waals surface area contributed by atoms with Crippen molar-refractivity contribution in [3.05, 3.63) is 35.9 Å². The van der Waals surface area contributed by atoms with Crippen LogP contribution in [0.15, 0.2) is 30.3 Å². The summed E-state index contributed by atoms with van der Waals surface area (Å²) in [4.78, 5) is 36.3. The number of likely N-dealkylation sites (tertiary alicyclic amines) is 1. The number of piperidine rings is 1. The van der Waals surface area contributed by atoms with Crippen molar-refractivity contribution < 1.29 is 23.9 Å². The first-order valence-corrected chi connectivity index (χ1v) is 7.64. The van der Waals surface area contributed by atoms with Gasteiger partial charge >= 0.3 is 12.1 Å². The van der Waals surface area contributed by atoms with Crippen molar-refractivity contribution in [3.63, 3.8) is 0 Å². The van der Waals surface area contributed by atoms with Gasteiger partial charge in [0.1, 0.15) is 18.8 Å². The lowest BCUT2D eigenvalue weighted by Gasteiger charge is -2.32. The van der Waals surface area contributed by atoms with Gasteiger partial charge in [-0.15, -0.1) is 0 Å². The van der Waals surface area contributed by atoms with Gasteiger partial charge in [0, 0.05) is 13.1 Å². The monoisotopic (exact) mass is 319 g/mol. The Balaban J connectivity index is 1.80. The minimum Gasteiger partial charge on any atom is -0.468 e. The van der Waals surface area contributed by atoms with Crippen molar-refractivity contribution in [2.24, 2.45) is 11.8 Å². The topological polar surface area (TPSA) is 72.9 Å². The van der Waals surface area contributed by atoms with Crippen LogP contribution in [0.5, 0.6) is 0 Å². The first kappa shape index (κ1) is 17.0. The third-order valence-corrected chi connectivity index (χ3v) is 4.13. The summed E-state index contributed by atoms with van der Waals surface area (Å²) in [5, 5.41) is 0. The molecule has 124 valence electrons. The van der Waals surface area contributed by atoms with E-state index in [1.165, 1.54) is 7.11 Å². The van der Waals surface area contributed by atoms with Gasteiger partial charge < -0.3 is 19.2 Å². The fourth-order valence-electron chi connectivity index (χ4n) is 2.75. The van der Waals surface area contributed by atoms with Gasteiger partial charge in [-0.1, -0.05) is 30.3 Å². The van der Waals surface area contributed by atoms with Gasteiger partial charge in [0.25, 0.3) is 0 Å². The van der Waals surface area contributed by atoms with Crippen molar-refractivity contribution in [1.29, 1.82) is 0 Å². The predicted octanol–water partition coefficient (Wildman–Crippen LogP) is 2.02. The van der Waals surface area contributed by atoms with Gasteiger partial charge in [-0.05, 0) is 24.3 Å². The highest BCUT2D eigenvalue weighted by Crippen LogP contribution is 2.25. The number of nitrogens with zero attached hydrogens (tertiary/aromatic N) is 1. The van der Waals surface area contributed by atoms with Crippen LogP contribution in [0, 0.1) is 11.8 Å². The Morgan fingerprint density at radius 2 is 1.91 bits per heavy atom. The van der Waals surface area contributed by atoms with Crippen LogP contribution < -0.4 is 0 Å². The van der Waals surface area contributed by atoms with Crippen LogP contribution in [-0.2, 0) is 25.7 Å². The molecule has 0 aromatic heterocycles. The summed E-state index contributed by atoms with van der Waals surface area (Å²) in [7, 11) is 1.27. The first-order chi connectivity index (χ1) is 11.2. The molecule has 0 spiro atoms. The number of esters is 1. The second kappa shape index (κ2) is 8.31. The van der Waals surface area contributed by atoms with E-state index in [0.29, 0.717) is 32.2 Å². The molecule has 6 nitrogen and oxygen atoms in total.